The summed E-state index contributed by atoms with van der Waals surface area (Å²) in [6, 6.07) is 1.23. The molecule has 0 aromatic heterocycles. The van der Waals surface area contributed by atoms with E-state index >= 15 is 0 Å². The quantitative estimate of drug-likeness (QED) is 0.915. The average Bonchev–Trinajstić information content (AvgIpc) is 2.28. The summed E-state index contributed by atoms with van der Waals surface area (Å²) in [7, 11) is 1.54. The van der Waals surface area contributed by atoms with Crippen LogP contribution in [0.2, 0.25) is 0 Å². The highest BCUT2D eigenvalue weighted by Crippen LogP contribution is 2.26. The van der Waals surface area contributed by atoms with Gasteiger partial charge in [-0.25, -0.2) is 13.6 Å². The number of benzene rings is 1. The first-order valence-corrected chi connectivity index (χ1v) is 5.91. The first-order chi connectivity index (χ1) is 8.91. The maximum atomic E-state index is 13.2. The van der Waals surface area contributed by atoms with Crippen LogP contribution in [0.3, 0.4) is 0 Å². The Morgan fingerprint density at radius 2 is 1.74 bits per heavy atom. The van der Waals surface area contributed by atoms with Gasteiger partial charge in [0.2, 0.25) is 0 Å². The summed E-state index contributed by atoms with van der Waals surface area (Å²) >= 11 is 0. The number of nitrogens with zero attached hydrogens (tertiary/aromatic N) is 1. The van der Waals surface area contributed by atoms with E-state index in [0.29, 0.717) is 12.1 Å². The number of carboxylic acid groups (broad SMARTS) is 1. The molecule has 6 heteroatoms. The summed E-state index contributed by atoms with van der Waals surface area (Å²) in [6.45, 7) is 0. The van der Waals surface area contributed by atoms with Crippen LogP contribution in [-0.4, -0.2) is 35.0 Å². The van der Waals surface area contributed by atoms with Crippen LogP contribution in [-0.2, 0) is 0 Å². The van der Waals surface area contributed by atoms with Gasteiger partial charge < -0.3 is 10.0 Å². The van der Waals surface area contributed by atoms with Crippen LogP contribution in [0.15, 0.2) is 12.1 Å². The Morgan fingerprint density at radius 1 is 1.21 bits per heavy atom. The minimum Gasteiger partial charge on any atom is -0.478 e. The van der Waals surface area contributed by atoms with Crippen LogP contribution in [0, 0.1) is 11.6 Å². The van der Waals surface area contributed by atoms with E-state index < -0.39 is 29.1 Å². The summed E-state index contributed by atoms with van der Waals surface area (Å²) in [5.74, 6) is -4.55. The lowest BCUT2D eigenvalue weighted by Crippen LogP contribution is -2.41. The van der Waals surface area contributed by atoms with Crippen LogP contribution in [0.25, 0.3) is 0 Å². The lowest BCUT2D eigenvalue weighted by atomic mass is 9.91. The zero-order chi connectivity index (χ0) is 14.2. The summed E-state index contributed by atoms with van der Waals surface area (Å²) in [5.41, 5.74) is -0.837. The molecule has 0 heterocycles. The molecule has 4 nitrogen and oxygen atoms in total. The second-order valence-corrected chi connectivity index (χ2v) is 4.62. The molecule has 1 amide bonds. The molecule has 1 aromatic carbocycles. The van der Waals surface area contributed by atoms with Gasteiger partial charge in [0.15, 0.2) is 11.6 Å². The minimum absolute atomic E-state index is 0.0438. The Bertz CT molecular complexity index is 541. The van der Waals surface area contributed by atoms with Gasteiger partial charge in [-0.1, -0.05) is 0 Å². The van der Waals surface area contributed by atoms with Crippen LogP contribution < -0.4 is 0 Å². The Kier molecular flexibility index (Phi) is 3.50. The number of halogens is 2. The molecule has 1 saturated carbocycles. The van der Waals surface area contributed by atoms with E-state index in [4.69, 9.17) is 5.11 Å². The lowest BCUT2D eigenvalue weighted by Gasteiger charge is -2.35. The van der Waals surface area contributed by atoms with E-state index in [0.717, 1.165) is 19.3 Å². The number of rotatable bonds is 3. The fourth-order valence-corrected chi connectivity index (χ4v) is 2.03. The molecule has 19 heavy (non-hydrogen) atoms. The Hall–Kier alpha value is -1.98. The highest BCUT2D eigenvalue weighted by atomic mass is 19.2. The fourth-order valence-electron chi connectivity index (χ4n) is 2.03. The molecule has 102 valence electrons. The predicted octanol–water partition coefficient (Wildman–Crippen LogP) is 2.29. The average molecular weight is 269 g/mol. The van der Waals surface area contributed by atoms with Gasteiger partial charge in [0.25, 0.3) is 5.91 Å². The van der Waals surface area contributed by atoms with Crippen molar-refractivity contribution in [3.05, 3.63) is 34.9 Å². The minimum atomic E-state index is -1.45. The number of carboxylic acids is 1. The number of aromatic carboxylic acids is 1. The van der Waals surface area contributed by atoms with Gasteiger partial charge in [0.05, 0.1) is 11.1 Å². The highest BCUT2D eigenvalue weighted by molar-refractivity contribution is 6.04. The lowest BCUT2D eigenvalue weighted by molar-refractivity contribution is 0.0625. The third kappa shape index (κ3) is 2.43. The fraction of sp³-hybridized carbons (Fsp3) is 0.385. The van der Waals surface area contributed by atoms with Gasteiger partial charge >= 0.3 is 5.97 Å². The maximum Gasteiger partial charge on any atom is 0.336 e. The van der Waals surface area contributed by atoms with Crippen molar-refractivity contribution < 1.29 is 23.5 Å². The van der Waals surface area contributed by atoms with Crippen molar-refractivity contribution >= 4 is 11.9 Å². The molecule has 1 aliphatic carbocycles. The second-order valence-electron chi connectivity index (χ2n) is 4.62. The molecule has 2 rings (SSSR count). The molecule has 1 fully saturated rings. The molecule has 1 N–H and O–H groups in total. The predicted molar refractivity (Wildman–Crippen MR) is 63.0 cm³/mol. The van der Waals surface area contributed by atoms with E-state index in [1.54, 1.807) is 7.05 Å². The van der Waals surface area contributed by atoms with Crippen molar-refractivity contribution in [2.45, 2.75) is 25.3 Å². The number of carbonyl (C=O) groups is 2. The van der Waals surface area contributed by atoms with Crippen LogP contribution in [0.4, 0.5) is 8.78 Å². The zero-order valence-electron chi connectivity index (χ0n) is 10.3. The summed E-state index contributed by atoms with van der Waals surface area (Å²) < 4.78 is 26.3. The maximum absolute atomic E-state index is 13.2. The van der Waals surface area contributed by atoms with E-state index in [-0.39, 0.29) is 11.6 Å². The van der Waals surface area contributed by atoms with E-state index in [9.17, 15) is 18.4 Å². The number of hydrogen-bond acceptors (Lipinski definition) is 2. The molecular formula is C13H13F2NO3. The smallest absolute Gasteiger partial charge is 0.336 e. The Labute approximate surface area is 108 Å². The first kappa shape index (κ1) is 13.5. The van der Waals surface area contributed by atoms with Gasteiger partial charge in [-0.2, -0.15) is 0 Å². The number of carbonyl (C=O) groups excluding carboxylic acids is 1. The molecule has 0 atom stereocenters. The largest absolute Gasteiger partial charge is 0.478 e. The van der Waals surface area contributed by atoms with Crippen molar-refractivity contribution in [3.63, 3.8) is 0 Å². The van der Waals surface area contributed by atoms with E-state index in [1.165, 1.54) is 4.90 Å². The van der Waals surface area contributed by atoms with Gasteiger partial charge in [0, 0.05) is 13.1 Å². The van der Waals surface area contributed by atoms with Gasteiger partial charge in [-0.3, -0.25) is 4.79 Å². The van der Waals surface area contributed by atoms with Crippen molar-refractivity contribution in [2.24, 2.45) is 0 Å². The van der Waals surface area contributed by atoms with Crippen LogP contribution >= 0.6 is 0 Å². The summed E-state index contributed by atoms with van der Waals surface area (Å²) in [6.07, 6.45) is 2.69. The normalized spacial score (nSPS) is 14.9. The van der Waals surface area contributed by atoms with Crippen molar-refractivity contribution in [3.8, 4) is 0 Å². The molecule has 0 saturated heterocycles. The van der Waals surface area contributed by atoms with E-state index in [2.05, 4.69) is 0 Å². The molecule has 1 aromatic rings. The second kappa shape index (κ2) is 4.95. The summed E-state index contributed by atoms with van der Waals surface area (Å²) in [4.78, 5) is 24.5. The van der Waals surface area contributed by atoms with Gasteiger partial charge in [-0.05, 0) is 31.4 Å². The van der Waals surface area contributed by atoms with Gasteiger partial charge in [-0.15, -0.1) is 0 Å². The van der Waals surface area contributed by atoms with Gasteiger partial charge in [0.1, 0.15) is 0 Å². The zero-order valence-corrected chi connectivity index (χ0v) is 10.3. The molecule has 0 radical (unpaired) electrons. The standard InChI is InChI=1S/C13H13F2NO3/c1-16(7-3-2-4-7)12(17)8-5-10(14)11(15)6-9(8)13(18)19/h5-7H,2-4H2,1H3,(H,18,19). The topological polar surface area (TPSA) is 57.6 Å². The van der Waals surface area contributed by atoms with Crippen LogP contribution in [0.5, 0.6) is 0 Å². The van der Waals surface area contributed by atoms with Crippen molar-refractivity contribution in [1.82, 2.24) is 4.90 Å². The molecular weight excluding hydrogens is 256 g/mol. The van der Waals surface area contributed by atoms with Crippen molar-refractivity contribution in [2.75, 3.05) is 7.05 Å². The first-order valence-electron chi connectivity index (χ1n) is 5.91. The SMILES string of the molecule is CN(C(=O)c1cc(F)c(F)cc1C(=O)O)C1CCC1. The molecule has 0 spiro atoms. The Morgan fingerprint density at radius 3 is 2.16 bits per heavy atom. The third-order valence-corrected chi connectivity index (χ3v) is 3.46. The highest BCUT2D eigenvalue weighted by Gasteiger charge is 2.29. The van der Waals surface area contributed by atoms with Crippen LogP contribution in [0.1, 0.15) is 40.0 Å². The molecule has 1 aliphatic rings. The molecule has 0 unspecified atom stereocenters. The third-order valence-electron chi connectivity index (χ3n) is 3.46. The molecule has 0 aliphatic heterocycles. The summed E-state index contributed by atoms with van der Waals surface area (Å²) in [5, 5.41) is 8.96. The molecule has 0 bridgehead atoms. The van der Waals surface area contributed by atoms with E-state index in [1.807, 2.05) is 0 Å². The van der Waals surface area contributed by atoms with Crippen molar-refractivity contribution in [1.29, 1.82) is 0 Å². The number of hydrogen-bond donors (Lipinski definition) is 1. The number of amides is 1. The monoisotopic (exact) mass is 269 g/mol. The Balaban J connectivity index is 2.39.